The van der Waals surface area contributed by atoms with Crippen molar-refractivity contribution < 1.29 is 14.3 Å². The monoisotopic (exact) mass is 341 g/mol. The first kappa shape index (κ1) is 19.6. The number of methoxy groups -OCH3 is 2. The molecule has 0 N–H and O–H groups in total. The van der Waals surface area contributed by atoms with Crippen molar-refractivity contribution in [3.63, 3.8) is 0 Å². The number of halogens is 1. The number of carbonyl (C=O) groups excluding carboxylic acids is 1. The maximum Gasteiger partial charge on any atom is 0.237 e. The lowest BCUT2D eigenvalue weighted by Crippen LogP contribution is -2.32. The average molecular weight is 342 g/mol. The zero-order chi connectivity index (χ0) is 17.1. The van der Waals surface area contributed by atoms with E-state index in [1.54, 1.807) is 19.1 Å². The molecule has 0 aromatic heterocycles. The number of carbonyl (C=O) groups is 1. The van der Waals surface area contributed by atoms with Crippen LogP contribution in [0.1, 0.15) is 44.6 Å². The Balaban J connectivity index is 2.75. The standard InChI is InChI=1S/C18H28ClNO3/c1-4-5-6-7-8-12-20(17(21)13-19)14-15-10-9-11-16(22-2)18(15)23-3/h9-11H,4-8,12-14H2,1-3H3. The zero-order valence-corrected chi connectivity index (χ0v) is 15.2. The summed E-state index contributed by atoms with van der Waals surface area (Å²) in [6, 6.07) is 5.70. The number of unbranched alkanes of at least 4 members (excludes halogenated alkanes) is 4. The molecule has 0 aliphatic heterocycles. The van der Waals surface area contributed by atoms with E-state index in [2.05, 4.69) is 6.92 Å². The van der Waals surface area contributed by atoms with Crippen LogP contribution in [0.2, 0.25) is 0 Å². The van der Waals surface area contributed by atoms with E-state index in [9.17, 15) is 4.79 Å². The summed E-state index contributed by atoms with van der Waals surface area (Å²) in [4.78, 5) is 13.9. The van der Waals surface area contributed by atoms with Crippen LogP contribution in [-0.4, -0.2) is 37.5 Å². The summed E-state index contributed by atoms with van der Waals surface area (Å²) in [6.45, 7) is 3.40. The maximum atomic E-state index is 12.1. The largest absolute Gasteiger partial charge is 0.493 e. The minimum atomic E-state index is -0.0490. The van der Waals surface area contributed by atoms with Crippen molar-refractivity contribution in [3.8, 4) is 11.5 Å². The highest BCUT2D eigenvalue weighted by Crippen LogP contribution is 2.31. The minimum Gasteiger partial charge on any atom is -0.493 e. The third-order valence-corrected chi connectivity index (χ3v) is 4.07. The number of ether oxygens (including phenoxy) is 2. The number of hydrogen-bond acceptors (Lipinski definition) is 3. The molecule has 0 atom stereocenters. The Morgan fingerprint density at radius 2 is 1.87 bits per heavy atom. The van der Waals surface area contributed by atoms with E-state index >= 15 is 0 Å². The Labute approximate surface area is 144 Å². The van der Waals surface area contributed by atoms with Gasteiger partial charge in [-0.25, -0.2) is 0 Å². The van der Waals surface area contributed by atoms with Gasteiger partial charge in [0.2, 0.25) is 5.91 Å². The maximum absolute atomic E-state index is 12.1. The summed E-state index contributed by atoms with van der Waals surface area (Å²) in [5.74, 6) is 1.30. The minimum absolute atomic E-state index is 0.00123. The number of hydrogen-bond donors (Lipinski definition) is 0. The van der Waals surface area contributed by atoms with Gasteiger partial charge in [-0.05, 0) is 12.5 Å². The second-order valence-electron chi connectivity index (χ2n) is 5.52. The van der Waals surface area contributed by atoms with Gasteiger partial charge in [-0.15, -0.1) is 11.6 Å². The molecule has 0 saturated carbocycles. The fourth-order valence-electron chi connectivity index (χ4n) is 2.57. The summed E-state index contributed by atoms with van der Waals surface area (Å²) in [5.41, 5.74) is 0.930. The van der Waals surface area contributed by atoms with Gasteiger partial charge >= 0.3 is 0 Å². The summed E-state index contributed by atoms with van der Waals surface area (Å²) >= 11 is 5.76. The Morgan fingerprint density at radius 1 is 1.13 bits per heavy atom. The second-order valence-corrected chi connectivity index (χ2v) is 5.78. The molecule has 1 aromatic carbocycles. The van der Waals surface area contributed by atoms with Crippen LogP contribution in [0.25, 0.3) is 0 Å². The lowest BCUT2D eigenvalue weighted by molar-refractivity contribution is -0.129. The van der Waals surface area contributed by atoms with Gasteiger partial charge in [0.05, 0.1) is 14.2 Å². The molecule has 23 heavy (non-hydrogen) atoms. The zero-order valence-electron chi connectivity index (χ0n) is 14.4. The van der Waals surface area contributed by atoms with Crippen molar-refractivity contribution in [1.29, 1.82) is 0 Å². The number of rotatable bonds is 11. The van der Waals surface area contributed by atoms with Gasteiger partial charge in [-0.1, -0.05) is 44.7 Å². The van der Waals surface area contributed by atoms with Gasteiger partial charge in [0.1, 0.15) is 5.88 Å². The van der Waals surface area contributed by atoms with Gasteiger partial charge in [-0.3, -0.25) is 4.79 Å². The molecule has 4 nitrogen and oxygen atoms in total. The Kier molecular flexibility index (Phi) is 9.53. The SMILES string of the molecule is CCCCCCCN(Cc1cccc(OC)c1OC)C(=O)CCl. The normalized spacial score (nSPS) is 10.4. The van der Waals surface area contributed by atoms with E-state index in [1.165, 1.54) is 19.3 Å². The van der Waals surface area contributed by atoms with Crippen LogP contribution in [-0.2, 0) is 11.3 Å². The molecule has 0 unspecified atom stereocenters. The molecule has 0 radical (unpaired) electrons. The fraction of sp³-hybridized carbons (Fsp3) is 0.611. The first-order chi connectivity index (χ1) is 11.2. The lowest BCUT2D eigenvalue weighted by Gasteiger charge is -2.23. The molecule has 0 aliphatic carbocycles. The molecule has 1 rings (SSSR count). The highest BCUT2D eigenvalue weighted by atomic mass is 35.5. The molecule has 1 amide bonds. The van der Waals surface area contributed by atoms with Crippen LogP contribution in [0, 0.1) is 0 Å². The second kappa shape index (κ2) is 11.2. The molecular formula is C18H28ClNO3. The molecular weight excluding hydrogens is 314 g/mol. The van der Waals surface area contributed by atoms with Gasteiger partial charge in [0.25, 0.3) is 0 Å². The third kappa shape index (κ3) is 6.30. The average Bonchev–Trinajstić information content (AvgIpc) is 2.59. The van der Waals surface area contributed by atoms with Crippen LogP contribution in [0.15, 0.2) is 18.2 Å². The van der Waals surface area contributed by atoms with E-state index in [4.69, 9.17) is 21.1 Å². The summed E-state index contributed by atoms with van der Waals surface area (Å²) in [5, 5.41) is 0. The number of alkyl halides is 1. The molecule has 0 spiro atoms. The molecule has 0 saturated heterocycles. The Morgan fingerprint density at radius 3 is 2.48 bits per heavy atom. The molecule has 0 fully saturated rings. The van der Waals surface area contributed by atoms with Crippen LogP contribution < -0.4 is 9.47 Å². The van der Waals surface area contributed by atoms with Crippen molar-refractivity contribution in [3.05, 3.63) is 23.8 Å². The third-order valence-electron chi connectivity index (χ3n) is 3.84. The topological polar surface area (TPSA) is 38.8 Å². The van der Waals surface area contributed by atoms with E-state index < -0.39 is 0 Å². The summed E-state index contributed by atoms with van der Waals surface area (Å²) < 4.78 is 10.8. The predicted octanol–water partition coefficient (Wildman–Crippen LogP) is 4.24. The Bertz CT molecular complexity index is 479. The first-order valence-corrected chi connectivity index (χ1v) is 8.74. The van der Waals surface area contributed by atoms with Crippen LogP contribution in [0.5, 0.6) is 11.5 Å². The van der Waals surface area contributed by atoms with Gasteiger partial charge in [0.15, 0.2) is 11.5 Å². The van der Waals surface area contributed by atoms with Crippen molar-refractivity contribution >= 4 is 17.5 Å². The molecule has 0 heterocycles. The van der Waals surface area contributed by atoms with Crippen molar-refractivity contribution in [2.45, 2.75) is 45.6 Å². The van der Waals surface area contributed by atoms with Crippen molar-refractivity contribution in [2.75, 3.05) is 26.6 Å². The summed E-state index contributed by atoms with van der Waals surface area (Å²) in [7, 11) is 3.22. The molecule has 130 valence electrons. The van der Waals surface area contributed by atoms with Gasteiger partial charge < -0.3 is 14.4 Å². The van der Waals surface area contributed by atoms with E-state index in [-0.39, 0.29) is 11.8 Å². The van der Waals surface area contributed by atoms with E-state index in [1.807, 2.05) is 18.2 Å². The smallest absolute Gasteiger partial charge is 0.237 e. The molecule has 0 aliphatic rings. The fourth-order valence-corrected chi connectivity index (χ4v) is 2.74. The lowest BCUT2D eigenvalue weighted by atomic mass is 10.1. The highest BCUT2D eigenvalue weighted by molar-refractivity contribution is 6.27. The molecule has 0 bridgehead atoms. The number of amides is 1. The van der Waals surface area contributed by atoms with E-state index in [0.29, 0.717) is 18.0 Å². The van der Waals surface area contributed by atoms with Gasteiger partial charge in [0, 0.05) is 18.7 Å². The highest BCUT2D eigenvalue weighted by Gasteiger charge is 2.17. The van der Waals surface area contributed by atoms with Crippen LogP contribution in [0.4, 0.5) is 0 Å². The van der Waals surface area contributed by atoms with E-state index in [0.717, 1.165) is 24.9 Å². The Hall–Kier alpha value is -1.42. The number of benzene rings is 1. The predicted molar refractivity (Wildman–Crippen MR) is 94.4 cm³/mol. The van der Waals surface area contributed by atoms with Gasteiger partial charge in [-0.2, -0.15) is 0 Å². The molecule has 1 aromatic rings. The first-order valence-electron chi connectivity index (χ1n) is 8.21. The quantitative estimate of drug-likeness (QED) is 0.446. The number of para-hydroxylation sites is 1. The van der Waals surface area contributed by atoms with Crippen molar-refractivity contribution in [2.24, 2.45) is 0 Å². The van der Waals surface area contributed by atoms with Crippen LogP contribution in [0.3, 0.4) is 0 Å². The molecule has 5 heteroatoms. The summed E-state index contributed by atoms with van der Waals surface area (Å²) in [6.07, 6.45) is 5.80. The number of nitrogens with zero attached hydrogens (tertiary/aromatic N) is 1. The van der Waals surface area contributed by atoms with Crippen LogP contribution >= 0.6 is 11.6 Å². The van der Waals surface area contributed by atoms with Crippen molar-refractivity contribution in [1.82, 2.24) is 4.90 Å².